The summed E-state index contributed by atoms with van der Waals surface area (Å²) in [6.45, 7) is 10.5. The van der Waals surface area contributed by atoms with Gasteiger partial charge in [-0.1, -0.05) is 0 Å². The number of nitrogens with one attached hydrogen (secondary N) is 2. The maximum absolute atomic E-state index is 9.60. The molecule has 4 nitrogen and oxygen atoms in total. The SMILES string of the molecule is C1CNCCN1.CC(C)(C)OC=O. The van der Waals surface area contributed by atoms with Crippen LogP contribution in [0.2, 0.25) is 0 Å². The van der Waals surface area contributed by atoms with Crippen molar-refractivity contribution in [2.24, 2.45) is 0 Å². The fourth-order valence-electron chi connectivity index (χ4n) is 0.748. The molecular weight excluding hydrogens is 168 g/mol. The van der Waals surface area contributed by atoms with Gasteiger partial charge in [-0.05, 0) is 20.8 Å². The van der Waals surface area contributed by atoms with E-state index in [0.29, 0.717) is 6.47 Å². The van der Waals surface area contributed by atoms with Gasteiger partial charge in [-0.15, -0.1) is 0 Å². The van der Waals surface area contributed by atoms with E-state index in [2.05, 4.69) is 15.4 Å². The molecule has 1 aliphatic rings. The highest BCUT2D eigenvalue weighted by Crippen LogP contribution is 2.02. The Morgan fingerprint density at radius 3 is 1.54 bits per heavy atom. The van der Waals surface area contributed by atoms with Crippen molar-refractivity contribution < 1.29 is 9.53 Å². The fraction of sp³-hybridized carbons (Fsp3) is 0.889. The minimum absolute atomic E-state index is 0.318. The quantitative estimate of drug-likeness (QED) is 0.575. The Labute approximate surface area is 80.0 Å². The van der Waals surface area contributed by atoms with Gasteiger partial charge in [0.15, 0.2) is 0 Å². The number of piperazine rings is 1. The molecule has 0 aliphatic carbocycles. The Morgan fingerprint density at radius 2 is 1.46 bits per heavy atom. The highest BCUT2D eigenvalue weighted by atomic mass is 16.5. The van der Waals surface area contributed by atoms with Crippen molar-refractivity contribution in [3.63, 3.8) is 0 Å². The van der Waals surface area contributed by atoms with E-state index in [1.54, 1.807) is 0 Å². The maximum atomic E-state index is 9.60. The number of hydrogen-bond donors (Lipinski definition) is 2. The van der Waals surface area contributed by atoms with Crippen molar-refractivity contribution in [1.29, 1.82) is 0 Å². The molecule has 4 heteroatoms. The number of hydrogen-bond acceptors (Lipinski definition) is 4. The van der Waals surface area contributed by atoms with Crippen molar-refractivity contribution in [2.45, 2.75) is 26.4 Å². The van der Waals surface area contributed by atoms with Gasteiger partial charge in [0.1, 0.15) is 5.60 Å². The zero-order chi connectivity index (χ0) is 10.2. The molecule has 0 amide bonds. The summed E-state index contributed by atoms with van der Waals surface area (Å²) < 4.78 is 4.55. The highest BCUT2D eigenvalue weighted by Gasteiger charge is 2.07. The number of ether oxygens (including phenoxy) is 1. The summed E-state index contributed by atoms with van der Waals surface area (Å²) in [4.78, 5) is 9.60. The molecule has 1 fully saturated rings. The van der Waals surface area contributed by atoms with Gasteiger partial charge >= 0.3 is 0 Å². The predicted molar refractivity (Wildman–Crippen MR) is 52.6 cm³/mol. The minimum Gasteiger partial charge on any atom is -0.462 e. The largest absolute Gasteiger partial charge is 0.462 e. The molecule has 0 aromatic carbocycles. The second kappa shape index (κ2) is 6.86. The average Bonchev–Trinajstić information content (AvgIpc) is 2.06. The summed E-state index contributed by atoms with van der Waals surface area (Å²) in [6, 6.07) is 0. The van der Waals surface area contributed by atoms with Crippen LogP contribution in [0, 0.1) is 0 Å². The second-order valence-corrected chi connectivity index (χ2v) is 3.83. The van der Waals surface area contributed by atoms with Gasteiger partial charge in [0, 0.05) is 26.2 Å². The summed E-state index contributed by atoms with van der Waals surface area (Å²) in [6.07, 6.45) is 0. The number of carbonyl (C=O) groups excluding carboxylic acids is 1. The van der Waals surface area contributed by atoms with Gasteiger partial charge in [0.25, 0.3) is 6.47 Å². The van der Waals surface area contributed by atoms with E-state index in [1.807, 2.05) is 20.8 Å². The lowest BCUT2D eigenvalue weighted by atomic mass is 10.2. The molecule has 0 aromatic rings. The van der Waals surface area contributed by atoms with Crippen molar-refractivity contribution >= 4 is 6.47 Å². The normalized spacial score (nSPS) is 16.8. The molecule has 2 N–H and O–H groups in total. The third-order valence-corrected chi connectivity index (χ3v) is 1.36. The van der Waals surface area contributed by atoms with Gasteiger partial charge in [-0.3, -0.25) is 4.79 Å². The van der Waals surface area contributed by atoms with Crippen LogP contribution in [0.1, 0.15) is 20.8 Å². The molecular formula is C9H20N2O2. The first kappa shape index (κ1) is 12.4. The average molecular weight is 188 g/mol. The Morgan fingerprint density at radius 1 is 1.08 bits per heavy atom. The summed E-state index contributed by atoms with van der Waals surface area (Å²) in [5, 5.41) is 6.44. The predicted octanol–water partition coefficient (Wildman–Crippen LogP) is 0.137. The molecule has 1 aliphatic heterocycles. The minimum atomic E-state index is -0.318. The molecule has 0 bridgehead atoms. The first-order valence-electron chi connectivity index (χ1n) is 4.59. The Bertz CT molecular complexity index is 117. The summed E-state index contributed by atoms with van der Waals surface area (Å²) in [5.74, 6) is 0. The molecule has 0 spiro atoms. The zero-order valence-electron chi connectivity index (χ0n) is 8.72. The molecule has 1 saturated heterocycles. The van der Waals surface area contributed by atoms with Gasteiger partial charge in [-0.2, -0.15) is 0 Å². The monoisotopic (exact) mass is 188 g/mol. The smallest absolute Gasteiger partial charge is 0.293 e. The summed E-state index contributed by atoms with van der Waals surface area (Å²) in [7, 11) is 0. The third kappa shape index (κ3) is 11.4. The van der Waals surface area contributed by atoms with E-state index < -0.39 is 0 Å². The summed E-state index contributed by atoms with van der Waals surface area (Å²) in [5.41, 5.74) is -0.318. The van der Waals surface area contributed by atoms with Gasteiger partial charge in [0.05, 0.1) is 0 Å². The molecule has 0 atom stereocenters. The first-order valence-corrected chi connectivity index (χ1v) is 4.59. The molecule has 0 saturated carbocycles. The van der Waals surface area contributed by atoms with Crippen molar-refractivity contribution in [2.75, 3.05) is 26.2 Å². The van der Waals surface area contributed by atoms with Crippen molar-refractivity contribution in [1.82, 2.24) is 10.6 Å². The molecule has 0 radical (unpaired) electrons. The Kier molecular flexibility index (Phi) is 6.54. The molecule has 0 unspecified atom stereocenters. The van der Waals surface area contributed by atoms with Crippen LogP contribution in [-0.2, 0) is 9.53 Å². The van der Waals surface area contributed by atoms with E-state index >= 15 is 0 Å². The van der Waals surface area contributed by atoms with Crippen LogP contribution in [0.4, 0.5) is 0 Å². The van der Waals surface area contributed by atoms with Crippen LogP contribution >= 0.6 is 0 Å². The van der Waals surface area contributed by atoms with Crippen LogP contribution < -0.4 is 10.6 Å². The van der Waals surface area contributed by atoms with E-state index in [9.17, 15) is 4.79 Å². The van der Waals surface area contributed by atoms with Crippen molar-refractivity contribution in [3.05, 3.63) is 0 Å². The van der Waals surface area contributed by atoms with Gasteiger partial charge in [-0.25, -0.2) is 0 Å². The van der Waals surface area contributed by atoms with Crippen LogP contribution in [0.15, 0.2) is 0 Å². The van der Waals surface area contributed by atoms with Crippen LogP contribution in [-0.4, -0.2) is 38.3 Å². The van der Waals surface area contributed by atoms with Crippen LogP contribution in [0.5, 0.6) is 0 Å². The standard InChI is InChI=1S/C5H10O2.C4H10N2/c1-5(2,3)7-4-6;1-2-6-4-3-5-1/h4H,1-3H3;5-6H,1-4H2. The Hall–Kier alpha value is -0.610. The van der Waals surface area contributed by atoms with Crippen LogP contribution in [0.3, 0.4) is 0 Å². The molecule has 0 aromatic heterocycles. The fourth-order valence-corrected chi connectivity index (χ4v) is 0.748. The molecule has 13 heavy (non-hydrogen) atoms. The summed E-state index contributed by atoms with van der Waals surface area (Å²) >= 11 is 0. The molecule has 1 rings (SSSR count). The highest BCUT2D eigenvalue weighted by molar-refractivity contribution is 5.37. The lowest BCUT2D eigenvalue weighted by Gasteiger charge is -2.14. The van der Waals surface area contributed by atoms with E-state index in [0.717, 1.165) is 26.2 Å². The van der Waals surface area contributed by atoms with E-state index in [4.69, 9.17) is 0 Å². The molecule has 1 heterocycles. The lowest BCUT2D eigenvalue weighted by Crippen LogP contribution is -2.39. The van der Waals surface area contributed by atoms with Crippen LogP contribution in [0.25, 0.3) is 0 Å². The molecule has 78 valence electrons. The van der Waals surface area contributed by atoms with E-state index in [-0.39, 0.29) is 5.60 Å². The maximum Gasteiger partial charge on any atom is 0.293 e. The number of rotatable bonds is 1. The van der Waals surface area contributed by atoms with Gasteiger partial charge < -0.3 is 15.4 Å². The van der Waals surface area contributed by atoms with Gasteiger partial charge in [0.2, 0.25) is 0 Å². The Balaban J connectivity index is 0.000000223. The zero-order valence-corrected chi connectivity index (χ0v) is 8.72. The second-order valence-electron chi connectivity index (χ2n) is 3.83. The number of carbonyl (C=O) groups is 1. The first-order chi connectivity index (χ1) is 6.06. The topological polar surface area (TPSA) is 50.4 Å². The third-order valence-electron chi connectivity index (χ3n) is 1.36. The van der Waals surface area contributed by atoms with E-state index in [1.165, 1.54) is 0 Å². The lowest BCUT2D eigenvalue weighted by molar-refractivity contribution is -0.138. The van der Waals surface area contributed by atoms with Crippen molar-refractivity contribution in [3.8, 4) is 0 Å².